The van der Waals surface area contributed by atoms with Crippen molar-refractivity contribution in [2.24, 2.45) is 5.41 Å². The molecule has 1 heterocycles. The summed E-state index contributed by atoms with van der Waals surface area (Å²) in [5.74, 6) is -1.27. The molecule has 0 radical (unpaired) electrons. The molecular formula is C18H22N2O4S. The Kier molecular flexibility index (Phi) is 4.69. The highest BCUT2D eigenvalue weighted by Gasteiger charge is 2.32. The molecule has 1 fully saturated rings. The predicted octanol–water partition coefficient (Wildman–Crippen LogP) is 2.88. The van der Waals surface area contributed by atoms with Gasteiger partial charge in [0.2, 0.25) is 11.8 Å². The fourth-order valence-electron chi connectivity index (χ4n) is 3.63. The largest absolute Gasteiger partial charge is 0.326 e. The van der Waals surface area contributed by atoms with Crippen LogP contribution in [-0.4, -0.2) is 26.0 Å². The highest BCUT2D eigenvalue weighted by atomic mass is 32.2. The van der Waals surface area contributed by atoms with Gasteiger partial charge in [0, 0.05) is 12.1 Å². The lowest BCUT2D eigenvalue weighted by molar-refractivity contribution is -0.118. The Hall–Kier alpha value is -2.15. The van der Waals surface area contributed by atoms with Crippen molar-refractivity contribution < 1.29 is 18.0 Å². The van der Waals surface area contributed by atoms with Crippen LogP contribution in [-0.2, 0) is 19.4 Å². The molecule has 0 aromatic heterocycles. The smallest absolute Gasteiger partial charge is 0.239 e. The van der Waals surface area contributed by atoms with E-state index in [0.717, 1.165) is 25.7 Å². The first kappa shape index (κ1) is 17.7. The predicted molar refractivity (Wildman–Crippen MR) is 96.1 cm³/mol. The summed E-state index contributed by atoms with van der Waals surface area (Å²) < 4.78 is 24.3. The summed E-state index contributed by atoms with van der Waals surface area (Å²) >= 11 is 0. The first-order valence-corrected chi connectivity index (χ1v) is 10.1. The summed E-state index contributed by atoms with van der Waals surface area (Å²) in [6.07, 6.45) is 7.51. The number of rotatable bonds is 4. The van der Waals surface area contributed by atoms with Crippen LogP contribution in [0.5, 0.6) is 0 Å². The number of hydrogen-bond acceptors (Lipinski definition) is 4. The molecule has 25 heavy (non-hydrogen) atoms. The minimum absolute atomic E-state index is 0.0426. The quantitative estimate of drug-likeness (QED) is 0.806. The van der Waals surface area contributed by atoms with Crippen LogP contribution in [0.15, 0.2) is 35.7 Å². The summed E-state index contributed by atoms with van der Waals surface area (Å²) in [4.78, 5) is 23.9. The van der Waals surface area contributed by atoms with Gasteiger partial charge in [0.25, 0.3) is 0 Å². The third-order valence-corrected chi connectivity index (χ3v) is 6.64. The summed E-state index contributed by atoms with van der Waals surface area (Å²) in [6, 6.07) is 4.51. The van der Waals surface area contributed by atoms with Crippen LogP contribution in [0, 0.1) is 5.41 Å². The van der Waals surface area contributed by atoms with Gasteiger partial charge in [0.05, 0.1) is 10.6 Å². The van der Waals surface area contributed by atoms with E-state index in [2.05, 4.69) is 17.2 Å². The van der Waals surface area contributed by atoms with Crippen LogP contribution < -0.4 is 10.6 Å². The van der Waals surface area contributed by atoms with E-state index in [0.29, 0.717) is 12.1 Å². The number of carbonyl (C=O) groups is 2. The van der Waals surface area contributed by atoms with E-state index in [1.54, 1.807) is 6.07 Å². The Morgan fingerprint density at radius 2 is 2.00 bits per heavy atom. The molecule has 0 atom stereocenters. The van der Waals surface area contributed by atoms with Gasteiger partial charge in [-0.15, -0.1) is 6.58 Å². The average molecular weight is 362 g/mol. The zero-order valence-electron chi connectivity index (χ0n) is 14.0. The molecule has 134 valence electrons. The third-order valence-electron chi connectivity index (χ3n) is 4.99. The SMILES string of the molecule is C=CC1(CC(=O)Nc2ccc3c(c2)S(=O)(=O)CC(=O)N3)CCCCC1. The minimum Gasteiger partial charge on any atom is -0.326 e. The van der Waals surface area contributed by atoms with Crippen molar-refractivity contribution in [2.45, 2.75) is 43.4 Å². The Balaban J connectivity index is 1.76. The maximum absolute atomic E-state index is 12.4. The van der Waals surface area contributed by atoms with Gasteiger partial charge in [0.1, 0.15) is 5.75 Å². The van der Waals surface area contributed by atoms with Crippen molar-refractivity contribution in [1.29, 1.82) is 0 Å². The highest BCUT2D eigenvalue weighted by Crippen LogP contribution is 2.40. The van der Waals surface area contributed by atoms with Crippen LogP contribution in [0.25, 0.3) is 0 Å². The van der Waals surface area contributed by atoms with Crippen molar-refractivity contribution in [2.75, 3.05) is 16.4 Å². The van der Waals surface area contributed by atoms with Crippen LogP contribution in [0.4, 0.5) is 11.4 Å². The molecule has 0 saturated heterocycles. The molecule has 1 saturated carbocycles. The standard InChI is InChI=1S/C18H22N2O4S/c1-2-18(8-4-3-5-9-18)11-16(21)19-13-6-7-14-15(10-13)25(23,24)12-17(22)20-14/h2,6-7,10H,1,3-5,8-9,11-12H2,(H,19,21)(H,20,22). The third kappa shape index (κ3) is 3.76. The fourth-order valence-corrected chi connectivity index (χ4v) is 4.96. The Labute approximate surface area is 147 Å². The van der Waals surface area contributed by atoms with E-state index < -0.39 is 21.5 Å². The molecule has 1 aromatic rings. The number of sulfone groups is 1. The number of allylic oxidation sites excluding steroid dienone is 1. The summed E-state index contributed by atoms with van der Waals surface area (Å²) in [7, 11) is -3.67. The number of anilines is 2. The molecule has 2 amide bonds. The lowest BCUT2D eigenvalue weighted by Crippen LogP contribution is -2.30. The molecule has 0 spiro atoms. The molecular weight excluding hydrogens is 340 g/mol. The molecule has 2 aliphatic rings. The molecule has 1 aliphatic heterocycles. The van der Waals surface area contributed by atoms with Crippen molar-refractivity contribution in [1.82, 2.24) is 0 Å². The van der Waals surface area contributed by atoms with Gasteiger partial charge < -0.3 is 10.6 Å². The van der Waals surface area contributed by atoms with Gasteiger partial charge in [0.15, 0.2) is 9.84 Å². The second kappa shape index (κ2) is 6.63. The number of hydrogen-bond donors (Lipinski definition) is 2. The van der Waals surface area contributed by atoms with Crippen LogP contribution >= 0.6 is 0 Å². The summed E-state index contributed by atoms with van der Waals surface area (Å²) in [6.45, 7) is 3.90. The Morgan fingerprint density at radius 3 is 2.68 bits per heavy atom. The van der Waals surface area contributed by atoms with Gasteiger partial charge in [-0.2, -0.15) is 0 Å². The number of amides is 2. The molecule has 7 heteroatoms. The normalized spacial score (nSPS) is 20.9. The van der Waals surface area contributed by atoms with Gasteiger partial charge in [-0.1, -0.05) is 25.3 Å². The lowest BCUT2D eigenvalue weighted by Gasteiger charge is -2.33. The van der Waals surface area contributed by atoms with Crippen molar-refractivity contribution in [3.05, 3.63) is 30.9 Å². The zero-order valence-corrected chi connectivity index (χ0v) is 14.8. The van der Waals surface area contributed by atoms with Crippen LogP contribution in [0.2, 0.25) is 0 Å². The maximum Gasteiger partial charge on any atom is 0.239 e. The van der Waals surface area contributed by atoms with Gasteiger partial charge >= 0.3 is 0 Å². The van der Waals surface area contributed by atoms with Crippen molar-refractivity contribution >= 4 is 33.0 Å². The fraction of sp³-hybridized carbons (Fsp3) is 0.444. The van der Waals surface area contributed by atoms with Gasteiger partial charge in [-0.3, -0.25) is 9.59 Å². The Bertz CT molecular complexity index is 823. The van der Waals surface area contributed by atoms with E-state index in [1.165, 1.54) is 18.6 Å². The van der Waals surface area contributed by atoms with Crippen LogP contribution in [0.1, 0.15) is 38.5 Å². The number of nitrogens with one attached hydrogen (secondary N) is 2. The molecule has 0 bridgehead atoms. The second-order valence-corrected chi connectivity index (χ2v) is 8.83. The zero-order chi connectivity index (χ0) is 18.1. The van der Waals surface area contributed by atoms with Crippen molar-refractivity contribution in [3.63, 3.8) is 0 Å². The van der Waals surface area contributed by atoms with Crippen LogP contribution in [0.3, 0.4) is 0 Å². The average Bonchev–Trinajstić information content (AvgIpc) is 2.55. The van der Waals surface area contributed by atoms with E-state index in [4.69, 9.17) is 0 Å². The molecule has 0 unspecified atom stereocenters. The maximum atomic E-state index is 12.4. The van der Waals surface area contributed by atoms with E-state index >= 15 is 0 Å². The number of carbonyl (C=O) groups excluding carboxylic acids is 2. The van der Waals surface area contributed by atoms with Gasteiger partial charge in [-0.05, 0) is 36.5 Å². The molecule has 6 nitrogen and oxygen atoms in total. The van der Waals surface area contributed by atoms with E-state index in [1.807, 2.05) is 6.08 Å². The number of fused-ring (bicyclic) bond motifs is 1. The number of benzene rings is 1. The monoisotopic (exact) mass is 362 g/mol. The molecule has 1 aliphatic carbocycles. The van der Waals surface area contributed by atoms with Crippen molar-refractivity contribution in [3.8, 4) is 0 Å². The second-order valence-electron chi connectivity index (χ2n) is 6.87. The molecule has 1 aromatic carbocycles. The minimum atomic E-state index is -3.67. The first-order chi connectivity index (χ1) is 11.8. The summed E-state index contributed by atoms with van der Waals surface area (Å²) in [5.41, 5.74) is 0.499. The topological polar surface area (TPSA) is 92.3 Å². The van der Waals surface area contributed by atoms with E-state index in [-0.39, 0.29) is 21.9 Å². The lowest BCUT2D eigenvalue weighted by atomic mass is 9.72. The Morgan fingerprint density at radius 1 is 1.28 bits per heavy atom. The highest BCUT2D eigenvalue weighted by molar-refractivity contribution is 7.92. The molecule has 2 N–H and O–H groups in total. The first-order valence-electron chi connectivity index (χ1n) is 8.44. The van der Waals surface area contributed by atoms with E-state index in [9.17, 15) is 18.0 Å². The molecule has 3 rings (SSSR count). The van der Waals surface area contributed by atoms with Gasteiger partial charge in [-0.25, -0.2) is 8.42 Å². The summed E-state index contributed by atoms with van der Waals surface area (Å²) in [5, 5.41) is 5.32.